The van der Waals surface area contributed by atoms with E-state index in [4.69, 9.17) is 15.9 Å². The number of rotatable bonds is 7. The highest BCUT2D eigenvalue weighted by Crippen LogP contribution is 2.38. The number of carbonyl (C=O) groups excluding carboxylic acids is 1. The van der Waals surface area contributed by atoms with Crippen LogP contribution in [0.4, 0.5) is 10.1 Å². The second kappa shape index (κ2) is 9.37. The molecule has 8 nitrogen and oxygen atoms in total. The maximum atomic E-state index is 15.2. The number of carbonyl (C=O) groups is 2. The Labute approximate surface area is 199 Å². The largest absolute Gasteiger partial charge is 0.480 e. The second-order valence-electron chi connectivity index (χ2n) is 10.4. The van der Waals surface area contributed by atoms with Crippen LogP contribution in [0.25, 0.3) is 5.69 Å². The molecular formula is C25H34FN5O3. The van der Waals surface area contributed by atoms with Crippen LogP contribution in [0.1, 0.15) is 73.3 Å². The Morgan fingerprint density at radius 2 is 1.91 bits per heavy atom. The van der Waals surface area contributed by atoms with Crippen molar-refractivity contribution in [2.45, 2.75) is 77.8 Å². The summed E-state index contributed by atoms with van der Waals surface area (Å²) < 4.78 is 17.0. The number of nitrogens with two attached hydrogens (primary N) is 1. The molecule has 1 aromatic carbocycles. The van der Waals surface area contributed by atoms with E-state index in [9.17, 15) is 9.59 Å². The van der Waals surface area contributed by atoms with E-state index in [0.29, 0.717) is 11.4 Å². The van der Waals surface area contributed by atoms with Crippen molar-refractivity contribution in [3.05, 3.63) is 40.5 Å². The summed E-state index contributed by atoms with van der Waals surface area (Å²) >= 11 is 0. The first-order chi connectivity index (χ1) is 16.0. The second-order valence-corrected chi connectivity index (χ2v) is 10.4. The van der Waals surface area contributed by atoms with Crippen LogP contribution in [-0.4, -0.2) is 45.4 Å². The molecule has 0 aliphatic heterocycles. The summed E-state index contributed by atoms with van der Waals surface area (Å²) in [5.74, 6) is -2.36. The zero-order chi connectivity index (χ0) is 24.6. The van der Waals surface area contributed by atoms with E-state index in [0.717, 1.165) is 56.3 Å². The Morgan fingerprint density at radius 3 is 2.56 bits per heavy atom. The molecule has 9 heteroatoms. The molecule has 34 heavy (non-hydrogen) atoms. The number of nitrogens with zero attached hydrogens (tertiary/aromatic N) is 2. The maximum Gasteiger partial charge on any atom is 0.317 e. The Morgan fingerprint density at radius 1 is 1.24 bits per heavy atom. The third-order valence-electron chi connectivity index (χ3n) is 7.18. The van der Waals surface area contributed by atoms with Crippen molar-refractivity contribution >= 4 is 17.6 Å². The molecule has 1 fully saturated rings. The highest BCUT2D eigenvalue weighted by Gasteiger charge is 2.31. The zero-order valence-corrected chi connectivity index (χ0v) is 20.1. The highest BCUT2D eigenvalue weighted by molar-refractivity contribution is 5.99. The van der Waals surface area contributed by atoms with Gasteiger partial charge in [0.1, 0.15) is 5.82 Å². The Kier molecular flexibility index (Phi) is 6.66. The van der Waals surface area contributed by atoms with Gasteiger partial charge in [-0.2, -0.15) is 5.10 Å². The van der Waals surface area contributed by atoms with Crippen molar-refractivity contribution in [3.63, 3.8) is 0 Å². The van der Waals surface area contributed by atoms with E-state index in [2.05, 4.69) is 24.5 Å². The summed E-state index contributed by atoms with van der Waals surface area (Å²) in [6.45, 7) is 6.38. The summed E-state index contributed by atoms with van der Waals surface area (Å²) in [5, 5.41) is 20.0. The summed E-state index contributed by atoms with van der Waals surface area (Å²) in [5.41, 5.74) is 9.75. The third kappa shape index (κ3) is 5.09. The number of fused-ring (bicyclic) bond motifs is 1. The standard InChI is InChI=1S/C25H34FN5O3/c1-14-18-8-9-25(2,3)12-21(18)31(30-14)17-10-19(26)23(24(27)34)20(11-17)29-16-6-4-15(5-7-16)28-13-22(32)33/h10-11,15-16,28-29H,4-9,12-13H2,1-3H3,(H2,27,34)(H,32,33). The average molecular weight is 472 g/mol. The van der Waals surface area contributed by atoms with Crippen LogP contribution in [0.15, 0.2) is 12.1 Å². The molecule has 0 unspecified atom stereocenters. The van der Waals surface area contributed by atoms with Crippen molar-refractivity contribution in [1.82, 2.24) is 15.1 Å². The third-order valence-corrected chi connectivity index (χ3v) is 7.18. The molecule has 2 aliphatic carbocycles. The van der Waals surface area contributed by atoms with Gasteiger partial charge in [-0.3, -0.25) is 9.59 Å². The molecular weight excluding hydrogens is 437 g/mol. The molecule has 2 aromatic rings. The van der Waals surface area contributed by atoms with Crippen LogP contribution in [0.3, 0.4) is 0 Å². The number of halogens is 1. The van der Waals surface area contributed by atoms with Crippen LogP contribution in [-0.2, 0) is 17.6 Å². The predicted molar refractivity (Wildman–Crippen MR) is 128 cm³/mol. The minimum Gasteiger partial charge on any atom is -0.480 e. The number of aliphatic carboxylic acids is 1. The minimum absolute atomic E-state index is 0.0304. The SMILES string of the molecule is Cc1nn(-c2cc(F)c(C(N)=O)c(NC3CCC(NCC(=O)O)CC3)c2)c2c1CCC(C)(C)C2. The van der Waals surface area contributed by atoms with Gasteiger partial charge >= 0.3 is 5.97 Å². The number of aromatic nitrogens is 2. The lowest BCUT2D eigenvalue weighted by Gasteiger charge is -2.31. The lowest BCUT2D eigenvalue weighted by atomic mass is 9.76. The predicted octanol–water partition coefficient (Wildman–Crippen LogP) is 3.33. The van der Waals surface area contributed by atoms with Gasteiger partial charge in [0.25, 0.3) is 5.91 Å². The van der Waals surface area contributed by atoms with Gasteiger partial charge < -0.3 is 21.5 Å². The fourth-order valence-corrected chi connectivity index (χ4v) is 5.31. The minimum atomic E-state index is -0.877. The Hall–Kier alpha value is -2.94. The number of amides is 1. The lowest BCUT2D eigenvalue weighted by molar-refractivity contribution is -0.136. The lowest BCUT2D eigenvalue weighted by Crippen LogP contribution is -2.39. The number of anilines is 1. The van der Waals surface area contributed by atoms with Crippen molar-refractivity contribution in [2.75, 3.05) is 11.9 Å². The van der Waals surface area contributed by atoms with Crippen LogP contribution >= 0.6 is 0 Å². The monoisotopic (exact) mass is 471 g/mol. The van der Waals surface area contributed by atoms with Gasteiger partial charge in [0.15, 0.2) is 0 Å². The van der Waals surface area contributed by atoms with Crippen LogP contribution in [0, 0.1) is 18.2 Å². The van der Waals surface area contributed by atoms with Gasteiger partial charge in [-0.1, -0.05) is 13.8 Å². The number of nitrogens with one attached hydrogen (secondary N) is 2. The number of hydrogen-bond donors (Lipinski definition) is 4. The first kappa shape index (κ1) is 24.2. The van der Waals surface area contributed by atoms with Crippen molar-refractivity contribution in [3.8, 4) is 5.69 Å². The summed E-state index contributed by atoms with van der Waals surface area (Å²) in [4.78, 5) is 22.9. The number of carboxylic acid groups (broad SMARTS) is 1. The maximum absolute atomic E-state index is 15.2. The number of carboxylic acids is 1. The van der Waals surface area contributed by atoms with Gasteiger partial charge in [-0.05, 0) is 68.9 Å². The molecule has 0 spiro atoms. The first-order valence-corrected chi connectivity index (χ1v) is 12.0. The normalized spacial score (nSPS) is 21.6. The number of benzene rings is 1. The fourth-order valence-electron chi connectivity index (χ4n) is 5.31. The van der Waals surface area contributed by atoms with Gasteiger partial charge in [-0.15, -0.1) is 0 Å². The quantitative estimate of drug-likeness (QED) is 0.491. The number of primary amides is 1. The van der Waals surface area contributed by atoms with E-state index in [1.54, 1.807) is 6.07 Å². The van der Waals surface area contributed by atoms with Gasteiger partial charge in [0, 0.05) is 23.8 Å². The Balaban J connectivity index is 1.61. The molecule has 2 aliphatic rings. The highest BCUT2D eigenvalue weighted by atomic mass is 19.1. The number of hydrogen-bond acceptors (Lipinski definition) is 5. The number of aryl methyl sites for hydroxylation is 1. The van der Waals surface area contributed by atoms with E-state index in [-0.39, 0.29) is 29.6 Å². The topological polar surface area (TPSA) is 122 Å². The van der Waals surface area contributed by atoms with Gasteiger partial charge in [0.2, 0.25) is 0 Å². The molecule has 0 saturated heterocycles. The molecule has 1 aromatic heterocycles. The molecule has 5 N–H and O–H groups in total. The van der Waals surface area contributed by atoms with Crippen molar-refractivity contribution in [1.29, 1.82) is 0 Å². The van der Waals surface area contributed by atoms with Crippen molar-refractivity contribution in [2.24, 2.45) is 11.1 Å². The smallest absolute Gasteiger partial charge is 0.317 e. The first-order valence-electron chi connectivity index (χ1n) is 12.0. The van der Waals surface area contributed by atoms with E-state index in [1.165, 1.54) is 11.6 Å². The Bertz CT molecular complexity index is 1100. The van der Waals surface area contributed by atoms with Gasteiger partial charge in [-0.25, -0.2) is 9.07 Å². The molecule has 0 atom stereocenters. The van der Waals surface area contributed by atoms with Gasteiger partial charge in [0.05, 0.1) is 29.2 Å². The molecule has 184 valence electrons. The van der Waals surface area contributed by atoms with Crippen molar-refractivity contribution < 1.29 is 19.1 Å². The van der Waals surface area contributed by atoms with E-state index >= 15 is 4.39 Å². The molecule has 1 saturated carbocycles. The zero-order valence-electron chi connectivity index (χ0n) is 20.1. The molecule has 1 amide bonds. The fraction of sp³-hybridized carbons (Fsp3) is 0.560. The van der Waals surface area contributed by atoms with E-state index < -0.39 is 17.7 Å². The molecule has 4 rings (SSSR count). The molecule has 0 bridgehead atoms. The molecule has 0 radical (unpaired) electrons. The summed E-state index contributed by atoms with van der Waals surface area (Å²) in [7, 11) is 0. The van der Waals surface area contributed by atoms with E-state index in [1.807, 2.05) is 11.6 Å². The summed E-state index contributed by atoms with van der Waals surface area (Å²) in [6.07, 6.45) is 5.99. The summed E-state index contributed by atoms with van der Waals surface area (Å²) in [6, 6.07) is 3.27. The van der Waals surface area contributed by atoms with Crippen LogP contribution in [0.2, 0.25) is 0 Å². The van der Waals surface area contributed by atoms with Crippen LogP contribution < -0.4 is 16.4 Å². The average Bonchev–Trinajstić information content (AvgIpc) is 3.07. The van der Waals surface area contributed by atoms with Crippen LogP contribution in [0.5, 0.6) is 0 Å². The molecule has 1 heterocycles.